The summed E-state index contributed by atoms with van der Waals surface area (Å²) in [5, 5.41) is 12.3. The maximum atomic E-state index is 12.4. The molecule has 1 aliphatic heterocycles. The minimum atomic E-state index is -1.24. The second-order valence-electron chi connectivity index (χ2n) is 7.20. The van der Waals surface area contributed by atoms with Crippen LogP contribution in [-0.4, -0.2) is 39.0 Å². The maximum Gasteiger partial charge on any atom is 0.412 e. The lowest BCUT2D eigenvalue weighted by Gasteiger charge is -2.42. The van der Waals surface area contributed by atoms with Gasteiger partial charge >= 0.3 is 6.09 Å². The first-order chi connectivity index (χ1) is 11.5. The molecule has 1 atom stereocenters. The number of para-hydroxylation sites is 1. The van der Waals surface area contributed by atoms with Crippen LogP contribution in [0.2, 0.25) is 0 Å². The number of aromatic nitrogens is 1. The van der Waals surface area contributed by atoms with Gasteiger partial charge in [-0.3, -0.25) is 4.90 Å². The van der Waals surface area contributed by atoms with Crippen LogP contribution in [0.1, 0.15) is 44.6 Å². The van der Waals surface area contributed by atoms with Crippen molar-refractivity contribution >= 4 is 17.0 Å². The molecule has 5 nitrogen and oxygen atoms in total. The number of amides is 1. The smallest absolute Gasteiger partial charge is 0.412 e. The first-order valence-electron chi connectivity index (χ1n) is 8.81. The molecule has 0 bridgehead atoms. The summed E-state index contributed by atoms with van der Waals surface area (Å²) >= 11 is 0. The molecule has 1 saturated carbocycles. The number of carbonyl (C=O) groups excluding carboxylic acids is 1. The summed E-state index contributed by atoms with van der Waals surface area (Å²) in [6.07, 6.45) is 6.92. The van der Waals surface area contributed by atoms with E-state index in [1.54, 1.807) is 6.92 Å². The molecule has 0 unspecified atom stereocenters. The lowest BCUT2D eigenvalue weighted by molar-refractivity contribution is -0.158. The zero-order valence-electron chi connectivity index (χ0n) is 14.0. The second kappa shape index (κ2) is 5.52. The Morgan fingerprint density at radius 3 is 2.79 bits per heavy atom. The summed E-state index contributed by atoms with van der Waals surface area (Å²) in [5.74, 6) is 0. The third-order valence-electron chi connectivity index (χ3n) is 5.83. The molecule has 0 radical (unpaired) electrons. The zero-order valence-corrected chi connectivity index (χ0v) is 14.0. The van der Waals surface area contributed by atoms with Crippen LogP contribution < -0.4 is 0 Å². The average molecular weight is 328 g/mol. The van der Waals surface area contributed by atoms with Crippen molar-refractivity contribution < 1.29 is 14.6 Å². The summed E-state index contributed by atoms with van der Waals surface area (Å²) in [7, 11) is 0. The number of nitrogens with one attached hydrogen (secondary N) is 1. The molecule has 5 heteroatoms. The van der Waals surface area contributed by atoms with Gasteiger partial charge in [-0.05, 0) is 50.7 Å². The molecule has 1 spiro atoms. The van der Waals surface area contributed by atoms with E-state index in [-0.39, 0.29) is 6.09 Å². The van der Waals surface area contributed by atoms with Crippen LogP contribution >= 0.6 is 0 Å². The molecule has 1 saturated heterocycles. The lowest BCUT2D eigenvalue weighted by atomic mass is 9.77. The van der Waals surface area contributed by atoms with Gasteiger partial charge in [0.2, 0.25) is 0 Å². The number of ether oxygens (including phenoxy) is 1. The van der Waals surface area contributed by atoms with Crippen LogP contribution in [0.3, 0.4) is 0 Å². The van der Waals surface area contributed by atoms with E-state index in [1.807, 2.05) is 24.4 Å². The van der Waals surface area contributed by atoms with Crippen LogP contribution in [0.15, 0.2) is 30.5 Å². The third-order valence-corrected chi connectivity index (χ3v) is 5.83. The van der Waals surface area contributed by atoms with Gasteiger partial charge in [0.15, 0.2) is 11.3 Å². The zero-order chi connectivity index (χ0) is 16.8. The molecule has 2 aliphatic rings. The molecular weight excluding hydrogens is 304 g/mol. The van der Waals surface area contributed by atoms with E-state index >= 15 is 0 Å². The van der Waals surface area contributed by atoms with Gasteiger partial charge in [0.1, 0.15) is 0 Å². The van der Waals surface area contributed by atoms with E-state index in [0.29, 0.717) is 13.0 Å². The first-order valence-corrected chi connectivity index (χ1v) is 8.81. The summed E-state index contributed by atoms with van der Waals surface area (Å²) in [6, 6.07) is 8.12. The summed E-state index contributed by atoms with van der Waals surface area (Å²) in [5.41, 5.74) is 0.268. The fourth-order valence-corrected chi connectivity index (χ4v) is 4.32. The topological polar surface area (TPSA) is 65.6 Å². The normalized spacial score (nSPS) is 26.2. The highest BCUT2D eigenvalue weighted by molar-refractivity contribution is 5.83. The van der Waals surface area contributed by atoms with Crippen LogP contribution in [0.5, 0.6) is 0 Å². The van der Waals surface area contributed by atoms with Crippen LogP contribution in [0.25, 0.3) is 10.9 Å². The number of benzene rings is 1. The summed E-state index contributed by atoms with van der Waals surface area (Å²) < 4.78 is 5.70. The van der Waals surface area contributed by atoms with Gasteiger partial charge in [0.05, 0.1) is 0 Å². The number of H-pyrrole nitrogens is 1. The van der Waals surface area contributed by atoms with E-state index in [1.165, 1.54) is 4.90 Å². The standard InChI is InChI=1S/C19H24N2O3/c1-18(23)19(10-5-2-6-11-19)24-17(22)21(18)12-9-14-13-20-16-8-4-3-7-15(14)16/h3-4,7-8,13,20,23H,2,5-6,9-12H2,1H3/t18-/m1/s1. The maximum absolute atomic E-state index is 12.4. The van der Waals surface area contributed by atoms with Crippen LogP contribution in [0.4, 0.5) is 4.79 Å². The van der Waals surface area contributed by atoms with E-state index in [2.05, 4.69) is 11.1 Å². The molecule has 2 aromatic rings. The fraction of sp³-hybridized carbons (Fsp3) is 0.526. The van der Waals surface area contributed by atoms with Crippen molar-refractivity contribution in [2.24, 2.45) is 0 Å². The van der Waals surface area contributed by atoms with Gasteiger partial charge in [0.25, 0.3) is 0 Å². The Labute approximate surface area is 141 Å². The molecule has 1 amide bonds. The summed E-state index contributed by atoms with van der Waals surface area (Å²) in [6.45, 7) is 2.19. The van der Waals surface area contributed by atoms with E-state index in [4.69, 9.17) is 4.74 Å². The largest absolute Gasteiger partial charge is 0.438 e. The molecule has 1 aromatic carbocycles. The van der Waals surface area contributed by atoms with Crippen LogP contribution in [0, 0.1) is 0 Å². The Balaban J connectivity index is 1.55. The van der Waals surface area contributed by atoms with Crippen molar-refractivity contribution in [2.45, 2.75) is 56.8 Å². The molecule has 2 N–H and O–H groups in total. The number of fused-ring (bicyclic) bond motifs is 1. The molecule has 1 aliphatic carbocycles. The van der Waals surface area contributed by atoms with Gasteiger partial charge in [-0.25, -0.2) is 4.79 Å². The van der Waals surface area contributed by atoms with E-state index in [0.717, 1.165) is 48.6 Å². The number of aromatic amines is 1. The van der Waals surface area contributed by atoms with Crippen molar-refractivity contribution in [1.82, 2.24) is 9.88 Å². The first kappa shape index (κ1) is 15.5. The van der Waals surface area contributed by atoms with Crippen molar-refractivity contribution in [3.05, 3.63) is 36.0 Å². The Hall–Kier alpha value is -2.01. The predicted molar refractivity (Wildman–Crippen MR) is 91.6 cm³/mol. The fourth-order valence-electron chi connectivity index (χ4n) is 4.32. The van der Waals surface area contributed by atoms with Crippen molar-refractivity contribution in [2.75, 3.05) is 6.54 Å². The van der Waals surface area contributed by atoms with E-state index in [9.17, 15) is 9.90 Å². The van der Waals surface area contributed by atoms with Gasteiger partial charge < -0.3 is 14.8 Å². The Morgan fingerprint density at radius 2 is 2.00 bits per heavy atom. The molecule has 1 aromatic heterocycles. The monoisotopic (exact) mass is 328 g/mol. The highest BCUT2D eigenvalue weighted by atomic mass is 16.6. The van der Waals surface area contributed by atoms with Gasteiger partial charge in [-0.15, -0.1) is 0 Å². The predicted octanol–water partition coefficient (Wildman–Crippen LogP) is 3.57. The van der Waals surface area contributed by atoms with Gasteiger partial charge in [-0.1, -0.05) is 24.6 Å². The SMILES string of the molecule is C[C@]1(O)N(CCc2c[nH]c3ccccc23)C(=O)OC12CCCCC2. The number of hydrogen-bond acceptors (Lipinski definition) is 3. The number of nitrogens with zero attached hydrogens (tertiary/aromatic N) is 1. The van der Waals surface area contributed by atoms with Crippen molar-refractivity contribution in [1.29, 1.82) is 0 Å². The minimum Gasteiger partial charge on any atom is -0.438 e. The van der Waals surface area contributed by atoms with Gasteiger partial charge in [0, 0.05) is 23.6 Å². The number of aliphatic hydroxyl groups is 1. The average Bonchev–Trinajstić information content (AvgIpc) is 3.05. The van der Waals surface area contributed by atoms with Gasteiger partial charge in [-0.2, -0.15) is 0 Å². The Bertz CT molecular complexity index is 759. The second-order valence-corrected chi connectivity index (χ2v) is 7.20. The lowest BCUT2D eigenvalue weighted by Crippen LogP contribution is -2.57. The summed E-state index contributed by atoms with van der Waals surface area (Å²) in [4.78, 5) is 17.2. The highest BCUT2D eigenvalue weighted by Gasteiger charge is 2.61. The van der Waals surface area contributed by atoms with Crippen molar-refractivity contribution in [3.8, 4) is 0 Å². The molecule has 4 rings (SSSR count). The van der Waals surface area contributed by atoms with E-state index < -0.39 is 11.3 Å². The van der Waals surface area contributed by atoms with Crippen LogP contribution in [-0.2, 0) is 11.2 Å². The third kappa shape index (κ3) is 2.22. The molecule has 2 heterocycles. The Morgan fingerprint density at radius 1 is 1.25 bits per heavy atom. The molecule has 128 valence electrons. The minimum absolute atomic E-state index is 0.387. The number of hydrogen-bond donors (Lipinski definition) is 2. The Kier molecular flexibility index (Phi) is 3.57. The van der Waals surface area contributed by atoms with Crippen molar-refractivity contribution in [3.63, 3.8) is 0 Å². The molecule has 24 heavy (non-hydrogen) atoms. The number of carbonyl (C=O) groups is 1. The number of rotatable bonds is 3. The molecule has 2 fully saturated rings. The highest BCUT2D eigenvalue weighted by Crippen LogP contribution is 2.46. The quantitative estimate of drug-likeness (QED) is 0.905. The molecular formula is C19H24N2O3.